The average Bonchev–Trinajstić information content (AvgIpc) is 2.65. The first-order valence-electron chi connectivity index (χ1n) is 9.26. The molecule has 2 aromatic carbocycles. The number of unbranched alkanes of at least 4 members (excludes halogenated alkanes) is 1. The summed E-state index contributed by atoms with van der Waals surface area (Å²) in [5.41, 5.74) is 3.27. The molecule has 0 unspecified atom stereocenters. The molecule has 0 saturated heterocycles. The number of benzene rings is 2. The molecule has 2 rings (SSSR count). The Bertz CT molecular complexity index is 768. The average molecular weight is 369 g/mol. The number of ether oxygens (including phenoxy) is 2. The van der Waals surface area contributed by atoms with Crippen LogP contribution in [0.5, 0.6) is 5.75 Å². The normalized spacial score (nSPS) is 10.3. The molecule has 144 valence electrons. The van der Waals surface area contributed by atoms with Crippen LogP contribution >= 0.6 is 0 Å². The van der Waals surface area contributed by atoms with E-state index in [0.29, 0.717) is 24.5 Å². The molecule has 1 N–H and O–H groups in total. The number of aryl methyl sites for hydroxylation is 2. The molecular formula is C22H27NO4. The molecule has 0 aliphatic rings. The van der Waals surface area contributed by atoms with E-state index in [-0.39, 0.29) is 18.3 Å². The van der Waals surface area contributed by atoms with E-state index in [4.69, 9.17) is 9.47 Å². The van der Waals surface area contributed by atoms with Crippen molar-refractivity contribution in [3.8, 4) is 5.75 Å². The Kier molecular flexibility index (Phi) is 7.86. The second kappa shape index (κ2) is 10.4. The fraction of sp³-hybridized carbons (Fsp3) is 0.364. The first kappa shape index (κ1) is 20.5. The van der Waals surface area contributed by atoms with Crippen molar-refractivity contribution in [3.05, 3.63) is 59.2 Å². The van der Waals surface area contributed by atoms with Crippen molar-refractivity contribution in [2.45, 2.75) is 40.0 Å². The summed E-state index contributed by atoms with van der Waals surface area (Å²) >= 11 is 0. The number of esters is 1. The number of rotatable bonds is 9. The minimum atomic E-state index is -0.344. The molecule has 0 bridgehead atoms. The Hall–Kier alpha value is -2.82. The van der Waals surface area contributed by atoms with Gasteiger partial charge < -0.3 is 14.8 Å². The maximum absolute atomic E-state index is 12.1. The third kappa shape index (κ3) is 6.77. The van der Waals surface area contributed by atoms with Crippen LogP contribution in [0.4, 0.5) is 5.69 Å². The van der Waals surface area contributed by atoms with Crippen LogP contribution in [0.3, 0.4) is 0 Å². The van der Waals surface area contributed by atoms with E-state index in [1.54, 1.807) is 24.3 Å². The van der Waals surface area contributed by atoms with Crippen LogP contribution < -0.4 is 10.1 Å². The highest BCUT2D eigenvalue weighted by molar-refractivity contribution is 5.93. The van der Waals surface area contributed by atoms with Crippen molar-refractivity contribution in [1.29, 1.82) is 0 Å². The molecule has 0 aliphatic heterocycles. The molecule has 0 saturated carbocycles. The zero-order valence-corrected chi connectivity index (χ0v) is 16.2. The van der Waals surface area contributed by atoms with Crippen LogP contribution in [0.15, 0.2) is 42.5 Å². The van der Waals surface area contributed by atoms with Crippen molar-refractivity contribution in [2.24, 2.45) is 0 Å². The van der Waals surface area contributed by atoms with Gasteiger partial charge in [0.2, 0.25) is 5.91 Å². The molecular weight excluding hydrogens is 342 g/mol. The Labute approximate surface area is 160 Å². The minimum Gasteiger partial charge on any atom is -0.493 e. The smallest absolute Gasteiger partial charge is 0.338 e. The Balaban J connectivity index is 1.78. The molecule has 0 aromatic heterocycles. The van der Waals surface area contributed by atoms with Crippen molar-refractivity contribution < 1.29 is 19.1 Å². The van der Waals surface area contributed by atoms with E-state index in [0.717, 1.165) is 29.7 Å². The van der Waals surface area contributed by atoms with Crippen LogP contribution in [0.1, 0.15) is 47.7 Å². The lowest BCUT2D eigenvalue weighted by Crippen LogP contribution is -2.15. The Morgan fingerprint density at radius 2 is 1.74 bits per heavy atom. The van der Waals surface area contributed by atoms with Gasteiger partial charge in [0.25, 0.3) is 0 Å². The van der Waals surface area contributed by atoms with Crippen LogP contribution in [0.2, 0.25) is 0 Å². The van der Waals surface area contributed by atoms with Crippen molar-refractivity contribution in [2.75, 3.05) is 18.5 Å². The molecule has 0 atom stereocenters. The molecule has 5 nitrogen and oxygen atoms in total. The number of anilines is 1. The standard InChI is InChI=1S/C22H27NO4/c1-4-5-13-27-22(25)18-8-10-19(11-9-18)23-21(24)12-14-26-20-15-16(2)6-7-17(20)3/h6-11,15H,4-5,12-14H2,1-3H3,(H,23,24). The number of hydrogen-bond donors (Lipinski definition) is 1. The maximum Gasteiger partial charge on any atom is 0.338 e. The Morgan fingerprint density at radius 1 is 1.00 bits per heavy atom. The zero-order valence-electron chi connectivity index (χ0n) is 16.2. The van der Waals surface area contributed by atoms with Crippen LogP contribution in [0.25, 0.3) is 0 Å². The molecule has 1 amide bonds. The van der Waals surface area contributed by atoms with Crippen LogP contribution in [-0.4, -0.2) is 25.1 Å². The summed E-state index contributed by atoms with van der Waals surface area (Å²) in [5, 5.41) is 2.80. The fourth-order valence-corrected chi connectivity index (χ4v) is 2.42. The van der Waals surface area contributed by atoms with Gasteiger partial charge in [-0.25, -0.2) is 4.79 Å². The van der Waals surface area contributed by atoms with Crippen molar-refractivity contribution >= 4 is 17.6 Å². The van der Waals surface area contributed by atoms with E-state index in [2.05, 4.69) is 5.32 Å². The van der Waals surface area contributed by atoms with Gasteiger partial charge in [-0.3, -0.25) is 4.79 Å². The molecule has 0 aliphatic carbocycles. The lowest BCUT2D eigenvalue weighted by molar-refractivity contribution is -0.116. The molecule has 0 radical (unpaired) electrons. The van der Waals surface area contributed by atoms with Gasteiger partial charge in [0.05, 0.1) is 25.2 Å². The molecule has 5 heteroatoms. The summed E-state index contributed by atoms with van der Waals surface area (Å²) in [6.45, 7) is 6.75. The summed E-state index contributed by atoms with van der Waals surface area (Å²) in [5.74, 6) is 0.315. The van der Waals surface area contributed by atoms with Gasteiger partial charge in [-0.05, 0) is 61.7 Å². The summed E-state index contributed by atoms with van der Waals surface area (Å²) in [6, 6.07) is 12.7. The van der Waals surface area contributed by atoms with Crippen LogP contribution in [0, 0.1) is 13.8 Å². The monoisotopic (exact) mass is 369 g/mol. The SMILES string of the molecule is CCCCOC(=O)c1ccc(NC(=O)CCOc2cc(C)ccc2C)cc1. The Morgan fingerprint density at radius 3 is 2.44 bits per heavy atom. The van der Waals surface area contributed by atoms with Gasteiger partial charge in [0, 0.05) is 5.69 Å². The first-order chi connectivity index (χ1) is 13.0. The summed E-state index contributed by atoms with van der Waals surface area (Å²) in [6.07, 6.45) is 2.07. The second-order valence-corrected chi connectivity index (χ2v) is 6.48. The van der Waals surface area contributed by atoms with Crippen molar-refractivity contribution in [3.63, 3.8) is 0 Å². The maximum atomic E-state index is 12.1. The van der Waals surface area contributed by atoms with Crippen molar-refractivity contribution in [1.82, 2.24) is 0 Å². The van der Waals surface area contributed by atoms with E-state index < -0.39 is 0 Å². The number of carbonyl (C=O) groups excluding carboxylic acids is 2. The van der Waals surface area contributed by atoms with E-state index in [9.17, 15) is 9.59 Å². The third-order valence-corrected chi connectivity index (χ3v) is 4.07. The number of hydrogen-bond acceptors (Lipinski definition) is 4. The highest BCUT2D eigenvalue weighted by Gasteiger charge is 2.08. The number of carbonyl (C=O) groups is 2. The second-order valence-electron chi connectivity index (χ2n) is 6.48. The fourth-order valence-electron chi connectivity index (χ4n) is 2.42. The molecule has 27 heavy (non-hydrogen) atoms. The van der Waals surface area contributed by atoms with E-state index in [1.807, 2.05) is 39.0 Å². The quantitative estimate of drug-likeness (QED) is 0.515. The summed E-state index contributed by atoms with van der Waals surface area (Å²) < 4.78 is 10.9. The highest BCUT2D eigenvalue weighted by atomic mass is 16.5. The van der Waals surface area contributed by atoms with Crippen LogP contribution in [-0.2, 0) is 9.53 Å². The molecule has 0 fully saturated rings. The van der Waals surface area contributed by atoms with Gasteiger partial charge in [0.1, 0.15) is 5.75 Å². The lowest BCUT2D eigenvalue weighted by atomic mass is 10.1. The third-order valence-electron chi connectivity index (χ3n) is 4.07. The van der Waals surface area contributed by atoms with Gasteiger partial charge in [-0.1, -0.05) is 25.5 Å². The zero-order chi connectivity index (χ0) is 19.6. The largest absolute Gasteiger partial charge is 0.493 e. The minimum absolute atomic E-state index is 0.140. The number of nitrogens with one attached hydrogen (secondary N) is 1. The van der Waals surface area contributed by atoms with E-state index in [1.165, 1.54) is 0 Å². The van der Waals surface area contributed by atoms with Gasteiger partial charge in [-0.15, -0.1) is 0 Å². The lowest BCUT2D eigenvalue weighted by Gasteiger charge is -2.10. The predicted molar refractivity (Wildman–Crippen MR) is 106 cm³/mol. The molecule has 0 spiro atoms. The molecule has 2 aromatic rings. The predicted octanol–water partition coefficient (Wildman–Crippen LogP) is 4.67. The van der Waals surface area contributed by atoms with Gasteiger partial charge in [0.15, 0.2) is 0 Å². The van der Waals surface area contributed by atoms with E-state index >= 15 is 0 Å². The van der Waals surface area contributed by atoms with Gasteiger partial charge in [-0.2, -0.15) is 0 Å². The summed E-state index contributed by atoms with van der Waals surface area (Å²) in [7, 11) is 0. The number of amides is 1. The first-order valence-corrected chi connectivity index (χ1v) is 9.26. The highest BCUT2D eigenvalue weighted by Crippen LogP contribution is 2.19. The topological polar surface area (TPSA) is 64.6 Å². The van der Waals surface area contributed by atoms with Gasteiger partial charge >= 0.3 is 5.97 Å². The summed E-state index contributed by atoms with van der Waals surface area (Å²) in [4.78, 5) is 23.9. The molecule has 0 heterocycles.